The summed E-state index contributed by atoms with van der Waals surface area (Å²) in [6.45, 7) is 1.90. The standard InChI is InChI=1S/C17H17F3INO4/c1-2-25-16(24)14-9-3-5-11(7-9)22(14)15(23)10-4-6-12(21)13(8-10)26-17(18,19)20/h4,6,8-9,11,14H,2-3,5,7H2,1H3/t9-,11+,14-/m0/s1. The van der Waals surface area contributed by atoms with E-state index in [1.807, 2.05) is 0 Å². The van der Waals surface area contributed by atoms with Crippen LogP contribution in [0, 0.1) is 9.49 Å². The summed E-state index contributed by atoms with van der Waals surface area (Å²) in [6, 6.07) is 3.15. The SMILES string of the molecule is CCOC(=O)[C@@H]1[C@H]2CC[C@H](C2)N1C(=O)c1ccc(I)c(OC(F)(F)F)c1. The molecular formula is C17H17F3INO4. The molecule has 9 heteroatoms. The van der Waals surface area contributed by atoms with Crippen molar-refractivity contribution in [1.82, 2.24) is 4.90 Å². The second-order valence-corrected chi connectivity index (χ2v) is 7.49. The van der Waals surface area contributed by atoms with Crippen molar-refractivity contribution in [3.05, 3.63) is 27.3 Å². The van der Waals surface area contributed by atoms with E-state index in [9.17, 15) is 22.8 Å². The Labute approximate surface area is 162 Å². The second kappa shape index (κ2) is 7.24. The van der Waals surface area contributed by atoms with E-state index < -0.39 is 30.0 Å². The van der Waals surface area contributed by atoms with Crippen LogP contribution in [0.1, 0.15) is 36.5 Å². The lowest BCUT2D eigenvalue weighted by molar-refractivity contribution is -0.275. The highest BCUT2D eigenvalue weighted by molar-refractivity contribution is 14.1. The van der Waals surface area contributed by atoms with Crippen LogP contribution < -0.4 is 4.74 Å². The molecule has 1 aromatic carbocycles. The van der Waals surface area contributed by atoms with E-state index in [2.05, 4.69) is 4.74 Å². The van der Waals surface area contributed by atoms with Gasteiger partial charge in [0.15, 0.2) is 0 Å². The first-order valence-corrected chi connectivity index (χ1v) is 9.33. The molecule has 0 spiro atoms. The third kappa shape index (κ3) is 3.77. The predicted octanol–water partition coefficient (Wildman–Crippen LogP) is 3.75. The van der Waals surface area contributed by atoms with E-state index in [0.29, 0.717) is 6.42 Å². The Bertz CT molecular complexity index is 724. The quantitative estimate of drug-likeness (QED) is 0.484. The van der Waals surface area contributed by atoms with Crippen LogP contribution in [-0.2, 0) is 9.53 Å². The van der Waals surface area contributed by atoms with Gasteiger partial charge in [-0.15, -0.1) is 13.2 Å². The van der Waals surface area contributed by atoms with Crippen LogP contribution in [-0.4, -0.2) is 41.8 Å². The van der Waals surface area contributed by atoms with E-state index in [1.54, 1.807) is 29.5 Å². The number of piperidine rings is 1. The number of hydrogen-bond acceptors (Lipinski definition) is 4. The molecule has 1 saturated carbocycles. The molecule has 3 rings (SSSR count). The number of amides is 1. The molecule has 0 unspecified atom stereocenters. The number of likely N-dealkylation sites (tertiary alicyclic amines) is 1. The lowest BCUT2D eigenvalue weighted by Crippen LogP contribution is -2.49. The molecule has 0 aromatic heterocycles. The van der Waals surface area contributed by atoms with Crippen molar-refractivity contribution in [3.8, 4) is 5.75 Å². The minimum Gasteiger partial charge on any atom is -0.464 e. The van der Waals surface area contributed by atoms with Crippen LogP contribution in [0.4, 0.5) is 13.2 Å². The Morgan fingerprint density at radius 2 is 2.04 bits per heavy atom. The minimum absolute atomic E-state index is 0.0396. The summed E-state index contributed by atoms with van der Waals surface area (Å²) < 4.78 is 47.0. The van der Waals surface area contributed by atoms with Gasteiger partial charge in [-0.1, -0.05) is 0 Å². The van der Waals surface area contributed by atoms with Gasteiger partial charge in [-0.25, -0.2) is 4.79 Å². The first kappa shape index (κ1) is 19.2. The number of hydrogen-bond donors (Lipinski definition) is 0. The molecule has 1 aliphatic heterocycles. The number of ether oxygens (including phenoxy) is 2. The van der Waals surface area contributed by atoms with Gasteiger partial charge in [0.1, 0.15) is 11.8 Å². The monoisotopic (exact) mass is 483 g/mol. The average molecular weight is 483 g/mol. The van der Waals surface area contributed by atoms with Crippen LogP contribution in [0.2, 0.25) is 0 Å². The van der Waals surface area contributed by atoms with Gasteiger partial charge in [-0.3, -0.25) is 4.79 Å². The van der Waals surface area contributed by atoms with Crippen molar-refractivity contribution >= 4 is 34.5 Å². The van der Waals surface area contributed by atoms with Crippen molar-refractivity contribution in [2.45, 2.75) is 44.6 Å². The summed E-state index contributed by atoms with van der Waals surface area (Å²) >= 11 is 1.71. The number of alkyl halides is 3. The fourth-order valence-electron chi connectivity index (χ4n) is 3.80. The maximum absolute atomic E-state index is 13.0. The van der Waals surface area contributed by atoms with Crippen LogP contribution in [0.5, 0.6) is 5.75 Å². The average Bonchev–Trinajstić information content (AvgIpc) is 3.16. The maximum atomic E-state index is 13.0. The largest absolute Gasteiger partial charge is 0.573 e. The van der Waals surface area contributed by atoms with Gasteiger partial charge in [-0.05, 0) is 72.9 Å². The Balaban J connectivity index is 1.88. The summed E-state index contributed by atoms with van der Waals surface area (Å²) in [5, 5.41) is 0. The zero-order valence-electron chi connectivity index (χ0n) is 13.9. The number of carbonyl (C=O) groups is 2. The number of esters is 1. The molecule has 2 aliphatic rings. The van der Waals surface area contributed by atoms with Crippen LogP contribution in [0.25, 0.3) is 0 Å². The maximum Gasteiger partial charge on any atom is 0.573 e. The van der Waals surface area contributed by atoms with Gasteiger partial charge in [0.2, 0.25) is 0 Å². The summed E-state index contributed by atoms with van der Waals surface area (Å²) in [7, 11) is 0. The molecule has 1 heterocycles. The number of halogens is 4. The molecule has 2 fully saturated rings. The van der Waals surface area contributed by atoms with Crippen LogP contribution >= 0.6 is 22.6 Å². The third-order valence-corrected chi connectivity index (χ3v) is 5.64. The normalized spacial score (nSPS) is 24.7. The fraction of sp³-hybridized carbons (Fsp3) is 0.529. The van der Waals surface area contributed by atoms with Gasteiger partial charge in [0.25, 0.3) is 5.91 Å². The van der Waals surface area contributed by atoms with E-state index >= 15 is 0 Å². The molecule has 1 amide bonds. The van der Waals surface area contributed by atoms with E-state index in [1.165, 1.54) is 17.0 Å². The van der Waals surface area contributed by atoms with E-state index in [-0.39, 0.29) is 27.7 Å². The van der Waals surface area contributed by atoms with E-state index in [4.69, 9.17) is 4.74 Å². The van der Waals surface area contributed by atoms with Crippen molar-refractivity contribution in [3.63, 3.8) is 0 Å². The zero-order valence-corrected chi connectivity index (χ0v) is 16.0. The molecule has 1 aliphatic carbocycles. The number of nitrogens with zero attached hydrogens (tertiary/aromatic N) is 1. The first-order valence-electron chi connectivity index (χ1n) is 8.26. The molecule has 26 heavy (non-hydrogen) atoms. The first-order chi connectivity index (χ1) is 12.2. The lowest BCUT2D eigenvalue weighted by Gasteiger charge is -2.33. The predicted molar refractivity (Wildman–Crippen MR) is 93.6 cm³/mol. The molecule has 0 N–H and O–H groups in total. The minimum atomic E-state index is -4.85. The molecule has 2 bridgehead atoms. The molecule has 1 aromatic rings. The number of carbonyl (C=O) groups excluding carboxylic acids is 2. The molecule has 0 radical (unpaired) electrons. The van der Waals surface area contributed by atoms with Gasteiger partial charge < -0.3 is 14.4 Å². The molecule has 1 saturated heterocycles. The topological polar surface area (TPSA) is 55.8 Å². The van der Waals surface area contributed by atoms with E-state index in [0.717, 1.165) is 18.9 Å². The number of fused-ring (bicyclic) bond motifs is 2. The lowest BCUT2D eigenvalue weighted by atomic mass is 9.98. The van der Waals surface area contributed by atoms with Gasteiger partial charge in [-0.2, -0.15) is 0 Å². The van der Waals surface area contributed by atoms with Crippen molar-refractivity contribution in [2.24, 2.45) is 5.92 Å². The van der Waals surface area contributed by atoms with Gasteiger partial charge in [0, 0.05) is 11.6 Å². The molecule has 5 nitrogen and oxygen atoms in total. The Kier molecular flexibility index (Phi) is 5.36. The van der Waals surface area contributed by atoms with Crippen molar-refractivity contribution < 1.29 is 32.2 Å². The third-order valence-electron chi connectivity index (χ3n) is 4.75. The van der Waals surface area contributed by atoms with Crippen molar-refractivity contribution in [2.75, 3.05) is 6.61 Å². The Morgan fingerprint density at radius 3 is 2.69 bits per heavy atom. The Hall–Kier alpha value is -1.52. The van der Waals surface area contributed by atoms with Crippen LogP contribution in [0.3, 0.4) is 0 Å². The van der Waals surface area contributed by atoms with Gasteiger partial charge in [0.05, 0.1) is 10.2 Å². The number of rotatable bonds is 4. The second-order valence-electron chi connectivity index (χ2n) is 6.33. The zero-order chi connectivity index (χ0) is 19.1. The molecular weight excluding hydrogens is 466 g/mol. The number of benzene rings is 1. The highest BCUT2D eigenvalue weighted by atomic mass is 127. The van der Waals surface area contributed by atoms with Gasteiger partial charge >= 0.3 is 12.3 Å². The fourth-order valence-corrected chi connectivity index (χ4v) is 4.25. The smallest absolute Gasteiger partial charge is 0.464 e. The molecule has 142 valence electrons. The highest BCUT2D eigenvalue weighted by Crippen LogP contribution is 2.44. The summed E-state index contributed by atoms with van der Waals surface area (Å²) in [5.41, 5.74) is 0.0616. The summed E-state index contributed by atoms with van der Waals surface area (Å²) in [5.74, 6) is -1.32. The Morgan fingerprint density at radius 1 is 1.31 bits per heavy atom. The van der Waals surface area contributed by atoms with Crippen molar-refractivity contribution in [1.29, 1.82) is 0 Å². The summed E-state index contributed by atoms with van der Waals surface area (Å²) in [4.78, 5) is 26.7. The summed E-state index contributed by atoms with van der Waals surface area (Å²) in [6.07, 6.45) is -2.51. The molecule has 3 atom stereocenters. The highest BCUT2D eigenvalue weighted by Gasteiger charge is 2.52. The van der Waals surface area contributed by atoms with Crippen LogP contribution in [0.15, 0.2) is 18.2 Å².